The van der Waals surface area contributed by atoms with Crippen LogP contribution in [-0.4, -0.2) is 45.9 Å². The Morgan fingerprint density at radius 3 is 2.70 bits per heavy atom. The maximum atomic E-state index is 12.7. The number of carbonyl (C=O) groups is 1. The Kier molecular flexibility index (Phi) is 6.70. The highest BCUT2D eigenvalue weighted by molar-refractivity contribution is 6.33. The van der Waals surface area contributed by atoms with E-state index in [9.17, 15) is 9.90 Å². The van der Waals surface area contributed by atoms with Crippen LogP contribution >= 0.6 is 23.2 Å². The first-order valence-electron chi connectivity index (χ1n) is 9.10. The zero-order chi connectivity index (χ0) is 21.9. The summed E-state index contributed by atoms with van der Waals surface area (Å²) < 4.78 is 0. The Bertz CT molecular complexity index is 1050. The van der Waals surface area contributed by atoms with E-state index >= 15 is 0 Å². The second-order valence-corrected chi connectivity index (χ2v) is 8.19. The molecular weight excluding hydrogens is 424 g/mol. The van der Waals surface area contributed by atoms with Crippen molar-refractivity contribution in [2.24, 2.45) is 0 Å². The summed E-state index contributed by atoms with van der Waals surface area (Å²) in [6, 6.07) is 4.41. The highest BCUT2D eigenvalue weighted by atomic mass is 35.5. The van der Waals surface area contributed by atoms with Gasteiger partial charge in [0.2, 0.25) is 0 Å². The zero-order valence-electron chi connectivity index (χ0n) is 16.4. The fourth-order valence-corrected chi connectivity index (χ4v) is 3.22. The number of aromatic nitrogens is 3. The smallest absolute Gasteiger partial charge is 0.268 e. The van der Waals surface area contributed by atoms with Gasteiger partial charge in [0.15, 0.2) is 0 Å². The molecule has 2 radical (unpaired) electrons. The number of carbonyl (C=O) groups excluding carboxylic acids is 1. The van der Waals surface area contributed by atoms with Gasteiger partial charge in [-0.25, -0.2) is 4.98 Å². The van der Waals surface area contributed by atoms with E-state index in [-0.39, 0.29) is 6.61 Å². The summed E-state index contributed by atoms with van der Waals surface area (Å²) in [5.41, 5.74) is 1.64. The second-order valence-electron chi connectivity index (χ2n) is 7.34. The van der Waals surface area contributed by atoms with E-state index in [2.05, 4.69) is 25.6 Å². The number of nitrogens with zero attached hydrogens (tertiary/aromatic N) is 2. The molecule has 0 saturated carbocycles. The van der Waals surface area contributed by atoms with Gasteiger partial charge in [-0.05, 0) is 29.2 Å². The molecule has 4 N–H and O–H groups in total. The fourth-order valence-electron chi connectivity index (χ4n) is 2.83. The lowest BCUT2D eigenvalue weighted by atomic mass is 9.82. The standard InChI is InChI=1S/C20H20BCl2N5O2/c1-20(2,21)28-18-5-14(15(23)9-26-18)11-4-16(25-7-11)19(30)27-17(10-29)12-3-13(22)8-24-6-12/h3-9,17,25,29H,10H2,1-2H3,(H,26,28)(H,27,30). The largest absolute Gasteiger partial charge is 0.394 e. The summed E-state index contributed by atoms with van der Waals surface area (Å²) in [7, 11) is 5.98. The van der Waals surface area contributed by atoms with Gasteiger partial charge < -0.3 is 20.7 Å². The predicted molar refractivity (Wildman–Crippen MR) is 119 cm³/mol. The molecule has 3 aromatic heterocycles. The number of aliphatic hydroxyl groups excluding tert-OH is 1. The molecule has 0 saturated heterocycles. The molecule has 1 atom stereocenters. The highest BCUT2D eigenvalue weighted by Crippen LogP contribution is 2.30. The van der Waals surface area contributed by atoms with Crippen LogP contribution in [-0.2, 0) is 0 Å². The minimum Gasteiger partial charge on any atom is -0.394 e. The number of hydrogen-bond acceptors (Lipinski definition) is 5. The van der Waals surface area contributed by atoms with Crippen LogP contribution in [0.2, 0.25) is 10.0 Å². The van der Waals surface area contributed by atoms with Gasteiger partial charge in [-0.1, -0.05) is 37.0 Å². The van der Waals surface area contributed by atoms with Crippen molar-refractivity contribution in [3.8, 4) is 11.1 Å². The molecule has 3 aromatic rings. The van der Waals surface area contributed by atoms with Gasteiger partial charge in [0.25, 0.3) is 5.91 Å². The lowest BCUT2D eigenvalue weighted by molar-refractivity contribution is 0.0911. The number of aliphatic hydroxyl groups is 1. The zero-order valence-corrected chi connectivity index (χ0v) is 17.9. The van der Waals surface area contributed by atoms with E-state index in [0.29, 0.717) is 38.2 Å². The molecule has 0 fully saturated rings. The number of nitrogens with one attached hydrogen (secondary N) is 3. The predicted octanol–water partition coefficient (Wildman–Crippen LogP) is 3.56. The number of H-pyrrole nitrogens is 1. The van der Waals surface area contributed by atoms with Crippen molar-refractivity contribution >= 4 is 42.8 Å². The molecule has 0 bridgehead atoms. The Labute approximate surface area is 185 Å². The minimum absolute atomic E-state index is 0.304. The summed E-state index contributed by atoms with van der Waals surface area (Å²) >= 11 is 12.2. The third kappa shape index (κ3) is 5.53. The molecule has 0 aliphatic heterocycles. The van der Waals surface area contributed by atoms with Crippen LogP contribution in [0.5, 0.6) is 0 Å². The lowest BCUT2D eigenvalue weighted by Crippen LogP contribution is -2.31. The van der Waals surface area contributed by atoms with Gasteiger partial charge in [-0.2, -0.15) is 0 Å². The average molecular weight is 444 g/mol. The normalized spacial score (nSPS) is 12.4. The van der Waals surface area contributed by atoms with Crippen LogP contribution in [0.4, 0.5) is 5.82 Å². The number of pyridine rings is 2. The second kappa shape index (κ2) is 9.08. The Hall–Kier alpha value is -2.55. The van der Waals surface area contributed by atoms with Crippen LogP contribution in [0.1, 0.15) is 35.9 Å². The summed E-state index contributed by atoms with van der Waals surface area (Å²) in [4.78, 5) is 23.8. The van der Waals surface area contributed by atoms with E-state index in [1.54, 1.807) is 24.4 Å². The SMILES string of the molecule is [B]C(C)(C)Nc1cc(-c2c[nH]c(C(=O)NC(CO)c3cncc(Cl)c3)c2)c(Cl)cn1. The van der Waals surface area contributed by atoms with Crippen molar-refractivity contribution in [1.29, 1.82) is 0 Å². The van der Waals surface area contributed by atoms with Crippen molar-refractivity contribution in [1.82, 2.24) is 20.3 Å². The van der Waals surface area contributed by atoms with Crippen LogP contribution < -0.4 is 10.6 Å². The molecule has 3 heterocycles. The Balaban J connectivity index is 1.80. The molecule has 3 rings (SSSR count). The molecule has 0 aliphatic rings. The molecule has 0 spiro atoms. The van der Waals surface area contributed by atoms with Crippen LogP contribution in [0.3, 0.4) is 0 Å². The van der Waals surface area contributed by atoms with Gasteiger partial charge in [-0.3, -0.25) is 9.78 Å². The number of rotatable bonds is 7. The molecule has 1 unspecified atom stereocenters. The highest BCUT2D eigenvalue weighted by Gasteiger charge is 2.18. The maximum absolute atomic E-state index is 12.7. The van der Waals surface area contributed by atoms with Crippen molar-refractivity contribution in [2.75, 3.05) is 11.9 Å². The quantitative estimate of drug-likeness (QED) is 0.418. The number of anilines is 1. The van der Waals surface area contributed by atoms with Crippen molar-refractivity contribution in [3.63, 3.8) is 0 Å². The van der Waals surface area contributed by atoms with Crippen molar-refractivity contribution in [3.05, 3.63) is 64.3 Å². The Morgan fingerprint density at radius 2 is 2.03 bits per heavy atom. The maximum Gasteiger partial charge on any atom is 0.268 e. The van der Waals surface area contributed by atoms with Gasteiger partial charge >= 0.3 is 0 Å². The van der Waals surface area contributed by atoms with Gasteiger partial charge in [0, 0.05) is 35.9 Å². The molecule has 154 valence electrons. The van der Waals surface area contributed by atoms with Crippen molar-refractivity contribution in [2.45, 2.75) is 25.3 Å². The minimum atomic E-state index is -0.657. The Morgan fingerprint density at radius 1 is 1.27 bits per heavy atom. The lowest BCUT2D eigenvalue weighted by Gasteiger charge is -2.22. The molecule has 0 aliphatic carbocycles. The summed E-state index contributed by atoms with van der Waals surface area (Å²) in [6.45, 7) is 3.32. The number of halogens is 2. The van der Waals surface area contributed by atoms with Gasteiger partial charge in [0.05, 0.1) is 22.7 Å². The number of hydrogen-bond donors (Lipinski definition) is 4. The number of aromatic amines is 1. The van der Waals surface area contributed by atoms with E-state index in [1.165, 1.54) is 18.6 Å². The molecule has 10 heteroatoms. The van der Waals surface area contributed by atoms with E-state index < -0.39 is 17.4 Å². The summed E-state index contributed by atoms with van der Waals surface area (Å²) in [6.07, 6.45) is 6.21. The third-order valence-corrected chi connectivity index (χ3v) is 4.67. The fraction of sp³-hybridized carbons (Fsp3) is 0.250. The monoisotopic (exact) mass is 443 g/mol. The first kappa shape index (κ1) is 22.1. The summed E-state index contributed by atoms with van der Waals surface area (Å²) in [5, 5.41) is 16.4. The molecule has 7 nitrogen and oxygen atoms in total. The van der Waals surface area contributed by atoms with Crippen LogP contribution in [0, 0.1) is 0 Å². The van der Waals surface area contributed by atoms with Gasteiger partial charge in [0.1, 0.15) is 19.4 Å². The molecule has 30 heavy (non-hydrogen) atoms. The van der Waals surface area contributed by atoms with E-state index in [1.807, 2.05) is 13.8 Å². The summed E-state index contributed by atoms with van der Waals surface area (Å²) in [5.74, 6) is 0.162. The average Bonchev–Trinajstić information content (AvgIpc) is 3.16. The van der Waals surface area contributed by atoms with Gasteiger partial charge in [-0.15, -0.1) is 0 Å². The first-order chi connectivity index (χ1) is 14.2. The van der Waals surface area contributed by atoms with Crippen LogP contribution in [0.25, 0.3) is 11.1 Å². The topological polar surface area (TPSA) is 103 Å². The molecule has 0 aromatic carbocycles. The van der Waals surface area contributed by atoms with E-state index in [4.69, 9.17) is 31.0 Å². The molecule has 1 amide bonds. The third-order valence-electron chi connectivity index (χ3n) is 4.16. The number of amides is 1. The van der Waals surface area contributed by atoms with Crippen LogP contribution in [0.15, 0.2) is 43.0 Å². The van der Waals surface area contributed by atoms with E-state index in [0.717, 1.165) is 0 Å². The first-order valence-corrected chi connectivity index (χ1v) is 9.85. The molecular formula is C20H20BCl2N5O2. The van der Waals surface area contributed by atoms with Crippen molar-refractivity contribution < 1.29 is 9.90 Å².